The minimum Gasteiger partial charge on any atom is -0.391 e. The highest BCUT2D eigenvalue weighted by Crippen LogP contribution is 2.31. The van der Waals surface area contributed by atoms with E-state index >= 15 is 0 Å². The van der Waals surface area contributed by atoms with Crippen LogP contribution in [-0.2, 0) is 35.2 Å². The van der Waals surface area contributed by atoms with Crippen LogP contribution in [0.4, 0.5) is 0 Å². The Morgan fingerprint density at radius 2 is 1.71 bits per heavy atom. The van der Waals surface area contributed by atoms with Gasteiger partial charge in [-0.2, -0.15) is 0 Å². The van der Waals surface area contributed by atoms with Gasteiger partial charge in [-0.3, -0.25) is 19.2 Å². The summed E-state index contributed by atoms with van der Waals surface area (Å²) in [5, 5.41) is 16.2. The van der Waals surface area contributed by atoms with Gasteiger partial charge >= 0.3 is 0 Å². The predicted molar refractivity (Wildman–Crippen MR) is 210 cm³/mol. The van der Waals surface area contributed by atoms with Crippen LogP contribution >= 0.6 is 33.9 Å². The summed E-state index contributed by atoms with van der Waals surface area (Å²) in [6.45, 7) is 11.8. The van der Waals surface area contributed by atoms with Crippen molar-refractivity contribution >= 4 is 57.4 Å². The highest BCUT2D eigenvalue weighted by Gasteiger charge is 2.44. The molecule has 1 aliphatic heterocycles. The number of benzene rings is 2. The fraction of sp³-hybridized carbons (Fsp3) is 0.513. The molecule has 1 aromatic heterocycles. The lowest BCUT2D eigenvalue weighted by Gasteiger charge is -2.35. The van der Waals surface area contributed by atoms with E-state index in [1.165, 1.54) is 4.90 Å². The number of aryl methyl sites for hydroxylation is 2. The maximum atomic E-state index is 13.9. The molecular weight excluding hydrogens is 795 g/mol. The van der Waals surface area contributed by atoms with Crippen molar-refractivity contribution in [2.75, 3.05) is 33.0 Å². The van der Waals surface area contributed by atoms with Crippen molar-refractivity contribution in [3.63, 3.8) is 0 Å². The molecule has 0 spiro atoms. The van der Waals surface area contributed by atoms with Crippen LogP contribution in [0.3, 0.4) is 0 Å². The molecule has 1 aliphatic rings. The molecule has 1 fully saturated rings. The van der Waals surface area contributed by atoms with E-state index < -0.39 is 35.4 Å². The molecule has 13 heteroatoms. The van der Waals surface area contributed by atoms with E-state index in [1.54, 1.807) is 11.3 Å². The van der Waals surface area contributed by atoms with Crippen LogP contribution < -0.4 is 10.6 Å². The van der Waals surface area contributed by atoms with Gasteiger partial charge < -0.3 is 30.1 Å². The molecule has 0 radical (unpaired) electrons. The Kier molecular flexibility index (Phi) is 15.3. The number of aliphatic hydroxyl groups is 1. The van der Waals surface area contributed by atoms with Crippen molar-refractivity contribution in [3.05, 3.63) is 73.9 Å². The third kappa shape index (κ3) is 11.6. The summed E-state index contributed by atoms with van der Waals surface area (Å²) in [6, 6.07) is 12.6. The van der Waals surface area contributed by atoms with Crippen LogP contribution in [0.5, 0.6) is 0 Å². The summed E-state index contributed by atoms with van der Waals surface area (Å²) in [7, 11) is 0. The number of hydrogen-bond donors (Lipinski definition) is 3. The number of aliphatic hydroxyl groups excluding tert-OH is 1. The fourth-order valence-corrected chi connectivity index (χ4v) is 7.51. The first kappa shape index (κ1) is 41.5. The lowest BCUT2D eigenvalue weighted by Crippen LogP contribution is -2.57. The lowest BCUT2D eigenvalue weighted by atomic mass is 9.85. The van der Waals surface area contributed by atoms with Crippen LogP contribution in [0.15, 0.2) is 48.0 Å². The number of halogens is 1. The molecule has 3 N–H and O–H groups in total. The Morgan fingerprint density at radius 1 is 1.04 bits per heavy atom. The molecule has 0 saturated carbocycles. The molecule has 4 atom stereocenters. The smallest absolute Gasteiger partial charge is 0.246 e. The molecule has 0 unspecified atom stereocenters. The van der Waals surface area contributed by atoms with Gasteiger partial charge in [-0.1, -0.05) is 70.2 Å². The SMILES string of the molecule is Cc1cccc(CNC(=O)COCCOCC(=O)N[C@H](C(=O)N2C[C@H](O)C[C@H]2C(=O)CC[C@@H](C)c2ccc(-c3scnc3C)cc2)C(C)(C)C)c1I. The summed E-state index contributed by atoms with van der Waals surface area (Å²) >= 11 is 3.87. The van der Waals surface area contributed by atoms with E-state index in [0.717, 1.165) is 36.4 Å². The Balaban J connectivity index is 1.22. The van der Waals surface area contributed by atoms with Crippen molar-refractivity contribution < 1.29 is 33.8 Å². The Morgan fingerprint density at radius 3 is 2.35 bits per heavy atom. The largest absolute Gasteiger partial charge is 0.391 e. The zero-order valence-electron chi connectivity index (χ0n) is 30.9. The van der Waals surface area contributed by atoms with Crippen LogP contribution in [-0.4, -0.2) is 89.7 Å². The fourth-order valence-electron chi connectivity index (χ4n) is 6.15. The van der Waals surface area contributed by atoms with Crippen LogP contribution in [0.1, 0.15) is 75.3 Å². The lowest BCUT2D eigenvalue weighted by molar-refractivity contribution is -0.144. The number of nitrogens with zero attached hydrogens (tertiary/aromatic N) is 2. The van der Waals surface area contributed by atoms with E-state index in [4.69, 9.17) is 9.47 Å². The number of hydrogen-bond acceptors (Lipinski definition) is 9. The summed E-state index contributed by atoms with van der Waals surface area (Å²) in [4.78, 5) is 59.4. The zero-order valence-corrected chi connectivity index (χ0v) is 33.8. The number of ether oxygens (including phenoxy) is 2. The van der Waals surface area contributed by atoms with Gasteiger partial charge in [0, 0.05) is 29.5 Å². The highest BCUT2D eigenvalue weighted by molar-refractivity contribution is 14.1. The second-order valence-corrected chi connectivity index (χ2v) is 16.4. The van der Waals surface area contributed by atoms with E-state index in [2.05, 4.69) is 69.4 Å². The number of thiazole rings is 1. The number of ketones is 1. The van der Waals surface area contributed by atoms with Gasteiger partial charge in [0.25, 0.3) is 0 Å². The van der Waals surface area contributed by atoms with Gasteiger partial charge in [-0.25, -0.2) is 4.98 Å². The standard InChI is InChI=1S/C39H51IN4O7S/c1-24(27-11-13-28(14-12-27)36-26(3)42-23-52-36)10-15-32(46)31-18-30(45)20-44(31)38(49)37(39(4,5)6)43-34(48)22-51-17-16-50-21-33(47)41-19-29-9-7-8-25(2)35(29)40/h7-9,11-14,23-24,30-31,37,45H,10,15-22H2,1-6H3,(H,41,47)(H,43,48)/t24-,30-,31+,37-/m1/s1. The predicted octanol–water partition coefficient (Wildman–Crippen LogP) is 5.33. The minimum atomic E-state index is -0.944. The number of carbonyl (C=O) groups excluding carboxylic acids is 4. The second-order valence-electron chi connectivity index (χ2n) is 14.5. The molecule has 2 aromatic carbocycles. The van der Waals surface area contributed by atoms with Crippen LogP contribution in [0.2, 0.25) is 0 Å². The topological polar surface area (TPSA) is 147 Å². The van der Waals surface area contributed by atoms with Crippen molar-refractivity contribution in [1.82, 2.24) is 20.5 Å². The van der Waals surface area contributed by atoms with E-state index in [0.29, 0.717) is 13.0 Å². The van der Waals surface area contributed by atoms with Gasteiger partial charge in [-0.05, 0) is 76.4 Å². The molecular formula is C39H51IN4O7S. The minimum absolute atomic E-state index is 0.0251. The monoisotopic (exact) mass is 846 g/mol. The molecule has 0 aliphatic carbocycles. The maximum absolute atomic E-state index is 13.9. The van der Waals surface area contributed by atoms with Gasteiger partial charge in [-0.15, -0.1) is 11.3 Å². The second kappa shape index (κ2) is 19.2. The maximum Gasteiger partial charge on any atom is 0.246 e. The number of carbonyl (C=O) groups is 4. The number of aromatic nitrogens is 1. The quantitative estimate of drug-likeness (QED) is 0.122. The molecule has 11 nitrogen and oxygen atoms in total. The summed E-state index contributed by atoms with van der Waals surface area (Å²) in [5.74, 6) is -1.14. The molecule has 3 amide bonds. The summed E-state index contributed by atoms with van der Waals surface area (Å²) in [5.41, 5.74) is 6.57. The van der Waals surface area contributed by atoms with Crippen LogP contribution in [0.25, 0.3) is 10.4 Å². The molecule has 3 aromatic rings. The van der Waals surface area contributed by atoms with Crippen LogP contribution in [0, 0.1) is 22.8 Å². The molecule has 0 bridgehead atoms. The van der Waals surface area contributed by atoms with Crippen molar-refractivity contribution in [2.24, 2.45) is 5.41 Å². The zero-order chi connectivity index (χ0) is 38.0. The Hall–Kier alpha value is -3.24. The molecule has 2 heterocycles. The number of rotatable bonds is 17. The number of amides is 3. The average molecular weight is 847 g/mol. The molecule has 52 heavy (non-hydrogen) atoms. The first-order chi connectivity index (χ1) is 24.6. The summed E-state index contributed by atoms with van der Waals surface area (Å²) in [6.07, 6.45) is 0.198. The van der Waals surface area contributed by atoms with Crippen molar-refractivity contribution in [2.45, 2.75) is 91.5 Å². The first-order valence-electron chi connectivity index (χ1n) is 17.6. The van der Waals surface area contributed by atoms with Gasteiger partial charge in [0.1, 0.15) is 19.3 Å². The molecule has 282 valence electrons. The highest BCUT2D eigenvalue weighted by atomic mass is 127. The van der Waals surface area contributed by atoms with E-state index in [9.17, 15) is 24.3 Å². The molecule has 1 saturated heterocycles. The average Bonchev–Trinajstić information content (AvgIpc) is 3.72. The van der Waals surface area contributed by atoms with Crippen molar-refractivity contribution in [3.8, 4) is 10.4 Å². The third-order valence-corrected chi connectivity index (χ3v) is 11.8. The number of Topliss-reactive ketones (excluding diaryl/α,β-unsaturated/α-hetero) is 1. The normalized spacial score (nSPS) is 17.1. The van der Waals surface area contributed by atoms with E-state index in [1.807, 2.05) is 58.3 Å². The molecule has 4 rings (SSSR count). The van der Waals surface area contributed by atoms with E-state index in [-0.39, 0.29) is 63.4 Å². The Bertz CT molecular complexity index is 1690. The van der Waals surface area contributed by atoms with Crippen molar-refractivity contribution in [1.29, 1.82) is 0 Å². The van der Waals surface area contributed by atoms with Gasteiger partial charge in [0.2, 0.25) is 17.7 Å². The Labute approximate surface area is 324 Å². The number of β-amino-alcohol motifs (C(OH)–C–C–N with tert-alkyl or cyclic N) is 1. The third-order valence-electron chi connectivity index (χ3n) is 9.25. The van der Waals surface area contributed by atoms with Gasteiger partial charge in [0.15, 0.2) is 5.78 Å². The number of likely N-dealkylation sites (tertiary alicyclic amines) is 1. The van der Waals surface area contributed by atoms with Gasteiger partial charge in [0.05, 0.1) is 41.4 Å². The number of nitrogens with one attached hydrogen (secondary N) is 2. The summed E-state index contributed by atoms with van der Waals surface area (Å²) < 4.78 is 12.0. The first-order valence-corrected chi connectivity index (χ1v) is 19.6.